The van der Waals surface area contributed by atoms with Crippen LogP contribution in [0.4, 0.5) is 0 Å². The average molecular weight is 384 g/mol. The Bertz CT molecular complexity index is 968. The molecule has 0 fully saturated rings. The van der Waals surface area contributed by atoms with Gasteiger partial charge in [0.2, 0.25) is 11.7 Å². The molecule has 3 aromatic heterocycles. The van der Waals surface area contributed by atoms with Crippen LogP contribution in [0.3, 0.4) is 0 Å². The Morgan fingerprint density at radius 2 is 2.00 bits per heavy atom. The SMILES string of the molecule is Cc1ncc(C(=O)NC(Cc2ccsc2)C(=O)C(N)=O)n1-c1ncccn1. The third-order valence-corrected chi connectivity index (χ3v) is 4.54. The van der Waals surface area contributed by atoms with Gasteiger partial charge in [0.25, 0.3) is 11.8 Å². The molecule has 2 amide bonds. The lowest BCUT2D eigenvalue weighted by Crippen LogP contribution is -2.47. The molecule has 0 aliphatic rings. The highest BCUT2D eigenvalue weighted by Gasteiger charge is 2.28. The Morgan fingerprint density at radius 3 is 2.63 bits per heavy atom. The minimum absolute atomic E-state index is 0.145. The summed E-state index contributed by atoms with van der Waals surface area (Å²) < 4.78 is 1.46. The summed E-state index contributed by atoms with van der Waals surface area (Å²) in [4.78, 5) is 48.7. The van der Waals surface area contributed by atoms with Gasteiger partial charge in [-0.1, -0.05) is 0 Å². The molecule has 0 aliphatic carbocycles. The summed E-state index contributed by atoms with van der Waals surface area (Å²) in [6.07, 6.45) is 4.60. The summed E-state index contributed by atoms with van der Waals surface area (Å²) in [5, 5.41) is 6.25. The normalized spacial score (nSPS) is 11.7. The van der Waals surface area contributed by atoms with Crippen LogP contribution < -0.4 is 11.1 Å². The quantitative estimate of drug-likeness (QED) is 0.568. The summed E-state index contributed by atoms with van der Waals surface area (Å²) in [6, 6.07) is 2.38. The largest absolute Gasteiger partial charge is 0.363 e. The zero-order valence-electron chi connectivity index (χ0n) is 14.3. The average Bonchev–Trinajstić information content (AvgIpc) is 3.30. The molecule has 27 heavy (non-hydrogen) atoms. The molecule has 3 N–H and O–H groups in total. The molecule has 3 aromatic rings. The van der Waals surface area contributed by atoms with Gasteiger partial charge in [-0.25, -0.2) is 15.0 Å². The fourth-order valence-electron chi connectivity index (χ4n) is 2.52. The molecule has 1 unspecified atom stereocenters. The number of hydrogen-bond donors (Lipinski definition) is 2. The van der Waals surface area contributed by atoms with Crippen LogP contribution in [-0.2, 0) is 16.0 Å². The Morgan fingerprint density at radius 1 is 1.26 bits per heavy atom. The fraction of sp³-hybridized carbons (Fsp3) is 0.176. The monoisotopic (exact) mass is 384 g/mol. The second-order valence-corrected chi connectivity index (χ2v) is 6.45. The molecule has 0 spiro atoms. The van der Waals surface area contributed by atoms with Gasteiger partial charge >= 0.3 is 0 Å². The van der Waals surface area contributed by atoms with E-state index in [0.717, 1.165) is 5.56 Å². The molecular weight excluding hydrogens is 368 g/mol. The first-order valence-electron chi connectivity index (χ1n) is 7.94. The molecule has 1 atom stereocenters. The smallest absolute Gasteiger partial charge is 0.287 e. The van der Waals surface area contributed by atoms with Crippen molar-refractivity contribution >= 4 is 28.9 Å². The number of ketones is 1. The second-order valence-electron chi connectivity index (χ2n) is 5.67. The van der Waals surface area contributed by atoms with Gasteiger partial charge in [0.1, 0.15) is 17.6 Å². The molecule has 0 saturated carbocycles. The molecule has 0 saturated heterocycles. The van der Waals surface area contributed by atoms with Crippen LogP contribution >= 0.6 is 11.3 Å². The molecule has 0 aliphatic heterocycles. The first-order chi connectivity index (χ1) is 13.0. The van der Waals surface area contributed by atoms with E-state index in [-0.39, 0.29) is 18.1 Å². The highest BCUT2D eigenvalue weighted by molar-refractivity contribution is 7.07. The van der Waals surface area contributed by atoms with Gasteiger partial charge in [-0.05, 0) is 35.4 Å². The number of hydrogen-bond acceptors (Lipinski definition) is 7. The number of carbonyl (C=O) groups is 3. The maximum atomic E-state index is 12.8. The number of nitrogens with two attached hydrogens (primary N) is 1. The van der Waals surface area contributed by atoms with Gasteiger partial charge < -0.3 is 11.1 Å². The molecule has 0 radical (unpaired) electrons. The zero-order valence-corrected chi connectivity index (χ0v) is 15.1. The summed E-state index contributed by atoms with van der Waals surface area (Å²) in [7, 11) is 0. The summed E-state index contributed by atoms with van der Waals surface area (Å²) in [6.45, 7) is 1.70. The number of aryl methyl sites for hydroxylation is 1. The Balaban J connectivity index is 1.88. The van der Waals surface area contributed by atoms with Crippen LogP contribution in [0.15, 0.2) is 41.5 Å². The van der Waals surface area contributed by atoms with Gasteiger partial charge in [-0.3, -0.25) is 19.0 Å². The highest BCUT2D eigenvalue weighted by Crippen LogP contribution is 2.13. The minimum Gasteiger partial charge on any atom is -0.363 e. The number of primary amides is 1. The number of nitrogens with one attached hydrogen (secondary N) is 1. The van der Waals surface area contributed by atoms with Gasteiger partial charge in [0.05, 0.1) is 6.20 Å². The number of imidazole rings is 1. The van der Waals surface area contributed by atoms with Crippen molar-refractivity contribution < 1.29 is 14.4 Å². The number of carbonyl (C=O) groups excluding carboxylic acids is 3. The molecule has 3 rings (SSSR count). The van der Waals surface area contributed by atoms with E-state index in [1.165, 1.54) is 22.1 Å². The molecule has 138 valence electrons. The van der Waals surface area contributed by atoms with Crippen molar-refractivity contribution in [1.82, 2.24) is 24.8 Å². The summed E-state index contributed by atoms with van der Waals surface area (Å²) >= 11 is 1.45. The standard InChI is InChI=1S/C17H16N6O3S/c1-10-21-8-13(23(10)17-19-4-2-5-20-17)16(26)22-12(14(24)15(18)25)7-11-3-6-27-9-11/h2-6,8-9,12H,7H2,1H3,(H2,18,25)(H,22,26). The summed E-state index contributed by atoms with van der Waals surface area (Å²) in [5.74, 6) is -1.78. The third kappa shape index (κ3) is 4.06. The lowest BCUT2D eigenvalue weighted by atomic mass is 10.0. The predicted octanol–water partition coefficient (Wildman–Crippen LogP) is 0.428. The van der Waals surface area contributed by atoms with E-state index < -0.39 is 23.6 Å². The number of Topliss-reactive ketones (excluding diaryl/α,β-unsaturated/α-hetero) is 1. The van der Waals surface area contributed by atoms with Gasteiger partial charge in [-0.2, -0.15) is 11.3 Å². The van der Waals surface area contributed by atoms with Crippen LogP contribution in [-0.4, -0.2) is 43.2 Å². The van der Waals surface area contributed by atoms with Gasteiger partial charge in [0, 0.05) is 18.8 Å². The van der Waals surface area contributed by atoms with E-state index in [2.05, 4.69) is 20.3 Å². The van der Waals surface area contributed by atoms with Crippen LogP contribution in [0, 0.1) is 6.92 Å². The fourth-order valence-corrected chi connectivity index (χ4v) is 3.20. The third-order valence-electron chi connectivity index (χ3n) is 3.81. The lowest BCUT2D eigenvalue weighted by Gasteiger charge is -2.16. The Labute approximate surface area is 158 Å². The highest BCUT2D eigenvalue weighted by atomic mass is 32.1. The number of amides is 2. The van der Waals surface area contributed by atoms with Crippen LogP contribution in [0.1, 0.15) is 21.9 Å². The Kier molecular flexibility index (Phi) is 5.36. The maximum absolute atomic E-state index is 12.8. The van der Waals surface area contributed by atoms with Crippen molar-refractivity contribution in [2.24, 2.45) is 5.73 Å². The number of aromatic nitrogens is 4. The molecular formula is C17H16N6O3S. The van der Waals surface area contributed by atoms with Crippen LogP contribution in [0.2, 0.25) is 0 Å². The molecule has 0 bridgehead atoms. The second kappa shape index (κ2) is 7.87. The molecule has 0 aromatic carbocycles. The van der Waals surface area contributed by atoms with E-state index in [4.69, 9.17) is 5.73 Å². The zero-order chi connectivity index (χ0) is 19.4. The van der Waals surface area contributed by atoms with Crippen LogP contribution in [0.5, 0.6) is 0 Å². The minimum atomic E-state index is -1.10. The van der Waals surface area contributed by atoms with Gasteiger partial charge in [0.15, 0.2) is 0 Å². The molecule has 10 heteroatoms. The summed E-state index contributed by atoms with van der Waals surface area (Å²) in [5.41, 5.74) is 6.09. The first-order valence-corrected chi connectivity index (χ1v) is 8.89. The number of rotatable bonds is 7. The first kappa shape index (κ1) is 18.4. The van der Waals surface area contributed by atoms with Crippen molar-refractivity contribution in [1.29, 1.82) is 0 Å². The topological polar surface area (TPSA) is 133 Å². The predicted molar refractivity (Wildman–Crippen MR) is 97.4 cm³/mol. The molecule has 3 heterocycles. The van der Waals surface area contributed by atoms with Crippen molar-refractivity contribution in [3.63, 3.8) is 0 Å². The maximum Gasteiger partial charge on any atom is 0.287 e. The van der Waals surface area contributed by atoms with Gasteiger partial charge in [-0.15, -0.1) is 0 Å². The van der Waals surface area contributed by atoms with E-state index in [1.807, 2.05) is 16.8 Å². The van der Waals surface area contributed by atoms with Crippen LogP contribution in [0.25, 0.3) is 5.95 Å². The van der Waals surface area contributed by atoms with Crippen molar-refractivity contribution in [3.8, 4) is 5.95 Å². The van der Waals surface area contributed by atoms with E-state index >= 15 is 0 Å². The number of thiophene rings is 1. The van der Waals surface area contributed by atoms with E-state index in [0.29, 0.717) is 5.82 Å². The Hall–Kier alpha value is -3.40. The number of nitrogens with zero attached hydrogens (tertiary/aromatic N) is 4. The van der Waals surface area contributed by atoms with E-state index in [1.54, 1.807) is 25.4 Å². The molecule has 9 nitrogen and oxygen atoms in total. The van der Waals surface area contributed by atoms with E-state index in [9.17, 15) is 14.4 Å². The van der Waals surface area contributed by atoms with Crippen molar-refractivity contribution in [2.45, 2.75) is 19.4 Å². The van der Waals surface area contributed by atoms with Crippen molar-refractivity contribution in [2.75, 3.05) is 0 Å². The van der Waals surface area contributed by atoms with Crippen molar-refractivity contribution in [3.05, 3.63) is 58.6 Å². The lowest BCUT2D eigenvalue weighted by molar-refractivity contribution is -0.137.